The molecule has 1 aromatic carbocycles. The first kappa shape index (κ1) is 11.3. The van der Waals surface area contributed by atoms with E-state index in [9.17, 15) is 0 Å². The van der Waals surface area contributed by atoms with Crippen molar-refractivity contribution in [2.75, 3.05) is 6.54 Å². The fraction of sp³-hybridized carbons (Fsp3) is 0.462. The van der Waals surface area contributed by atoms with Crippen molar-refractivity contribution in [2.24, 2.45) is 0 Å². The second kappa shape index (κ2) is 5.16. The molecule has 77 valence electrons. The minimum atomic E-state index is 0.114. The standard InChI is InChI=1S/C13H20N/c1-4-13(5-2,14-6-3)12-10-8-7-9-11-12/h7-11,14H,3-6H2,1-2H3. The maximum Gasteiger partial charge on any atom is 0.0429 e. The van der Waals surface area contributed by atoms with Gasteiger partial charge in [0.1, 0.15) is 0 Å². The van der Waals surface area contributed by atoms with Gasteiger partial charge in [0.15, 0.2) is 0 Å². The molecule has 0 aliphatic rings. The molecule has 0 saturated heterocycles. The van der Waals surface area contributed by atoms with Crippen molar-refractivity contribution in [1.29, 1.82) is 0 Å². The Labute approximate surface area is 87.5 Å². The highest BCUT2D eigenvalue weighted by atomic mass is 15.0. The summed E-state index contributed by atoms with van der Waals surface area (Å²) in [6, 6.07) is 10.6. The Morgan fingerprint density at radius 3 is 2.14 bits per heavy atom. The van der Waals surface area contributed by atoms with Gasteiger partial charge in [0.25, 0.3) is 0 Å². The molecule has 1 radical (unpaired) electrons. The SMILES string of the molecule is [CH2]CNC(CC)(CC)c1ccccc1. The van der Waals surface area contributed by atoms with Crippen molar-refractivity contribution < 1.29 is 0 Å². The molecule has 14 heavy (non-hydrogen) atoms. The van der Waals surface area contributed by atoms with E-state index in [2.05, 4.69) is 56.4 Å². The summed E-state index contributed by atoms with van der Waals surface area (Å²) in [4.78, 5) is 0. The minimum Gasteiger partial charge on any atom is -0.307 e. The van der Waals surface area contributed by atoms with E-state index in [0.29, 0.717) is 0 Å². The molecule has 0 unspecified atom stereocenters. The van der Waals surface area contributed by atoms with E-state index in [-0.39, 0.29) is 5.54 Å². The van der Waals surface area contributed by atoms with Crippen LogP contribution in [-0.2, 0) is 5.54 Å². The van der Waals surface area contributed by atoms with Crippen LogP contribution in [0, 0.1) is 6.92 Å². The van der Waals surface area contributed by atoms with Crippen molar-refractivity contribution in [2.45, 2.75) is 32.2 Å². The fourth-order valence-corrected chi connectivity index (χ4v) is 2.01. The van der Waals surface area contributed by atoms with Crippen LogP contribution in [0.2, 0.25) is 0 Å². The lowest BCUT2D eigenvalue weighted by molar-refractivity contribution is 0.321. The number of rotatable bonds is 5. The van der Waals surface area contributed by atoms with Gasteiger partial charge in [-0.05, 0) is 31.9 Å². The number of hydrogen-bond donors (Lipinski definition) is 1. The van der Waals surface area contributed by atoms with Gasteiger partial charge in [0, 0.05) is 5.54 Å². The molecule has 0 aliphatic heterocycles. The summed E-state index contributed by atoms with van der Waals surface area (Å²) in [5.74, 6) is 0. The Bertz CT molecular complexity index is 249. The van der Waals surface area contributed by atoms with Gasteiger partial charge in [0.2, 0.25) is 0 Å². The molecule has 0 atom stereocenters. The highest BCUT2D eigenvalue weighted by Crippen LogP contribution is 2.28. The summed E-state index contributed by atoms with van der Waals surface area (Å²) in [5, 5.41) is 3.50. The quantitative estimate of drug-likeness (QED) is 0.752. The van der Waals surface area contributed by atoms with Crippen LogP contribution in [-0.4, -0.2) is 6.54 Å². The third-order valence-electron chi connectivity index (χ3n) is 3.00. The van der Waals surface area contributed by atoms with Gasteiger partial charge in [-0.1, -0.05) is 44.2 Å². The van der Waals surface area contributed by atoms with Gasteiger partial charge in [0.05, 0.1) is 0 Å². The van der Waals surface area contributed by atoms with Crippen LogP contribution in [0.1, 0.15) is 32.3 Å². The molecule has 0 bridgehead atoms. The van der Waals surface area contributed by atoms with E-state index in [4.69, 9.17) is 0 Å². The molecule has 0 aromatic heterocycles. The molecular weight excluding hydrogens is 170 g/mol. The zero-order valence-corrected chi connectivity index (χ0v) is 9.22. The van der Waals surface area contributed by atoms with Crippen molar-refractivity contribution in [1.82, 2.24) is 5.32 Å². The van der Waals surface area contributed by atoms with Gasteiger partial charge in [-0.2, -0.15) is 0 Å². The number of hydrogen-bond acceptors (Lipinski definition) is 1. The van der Waals surface area contributed by atoms with Crippen LogP contribution >= 0.6 is 0 Å². The van der Waals surface area contributed by atoms with Crippen LogP contribution in [0.5, 0.6) is 0 Å². The predicted molar refractivity (Wildman–Crippen MR) is 62.1 cm³/mol. The van der Waals surface area contributed by atoms with Gasteiger partial charge in [-0.15, -0.1) is 0 Å². The summed E-state index contributed by atoms with van der Waals surface area (Å²) in [5.41, 5.74) is 1.48. The first-order valence-corrected chi connectivity index (χ1v) is 5.39. The summed E-state index contributed by atoms with van der Waals surface area (Å²) in [6.07, 6.45) is 2.20. The molecular formula is C13H20N. The van der Waals surface area contributed by atoms with Gasteiger partial charge < -0.3 is 5.32 Å². The molecule has 1 aromatic rings. The Hall–Kier alpha value is -0.820. The number of benzene rings is 1. The molecule has 0 fully saturated rings. The lowest BCUT2D eigenvalue weighted by atomic mass is 9.85. The molecule has 1 heteroatoms. The van der Waals surface area contributed by atoms with E-state index >= 15 is 0 Å². The first-order chi connectivity index (χ1) is 6.79. The van der Waals surface area contributed by atoms with E-state index in [0.717, 1.165) is 19.4 Å². The fourth-order valence-electron chi connectivity index (χ4n) is 2.01. The topological polar surface area (TPSA) is 12.0 Å². The lowest BCUT2D eigenvalue weighted by Crippen LogP contribution is -2.41. The Morgan fingerprint density at radius 2 is 1.71 bits per heavy atom. The number of nitrogens with one attached hydrogen (secondary N) is 1. The van der Waals surface area contributed by atoms with Crippen LogP contribution in [0.25, 0.3) is 0 Å². The van der Waals surface area contributed by atoms with Crippen LogP contribution in [0.15, 0.2) is 30.3 Å². The third-order valence-corrected chi connectivity index (χ3v) is 3.00. The molecule has 1 N–H and O–H groups in total. The Morgan fingerprint density at radius 1 is 1.14 bits per heavy atom. The van der Waals surface area contributed by atoms with E-state index in [1.54, 1.807) is 0 Å². The Kier molecular flexibility index (Phi) is 4.15. The van der Waals surface area contributed by atoms with Crippen molar-refractivity contribution >= 4 is 0 Å². The van der Waals surface area contributed by atoms with E-state index < -0.39 is 0 Å². The molecule has 0 amide bonds. The molecule has 1 rings (SSSR count). The Balaban J connectivity index is 2.98. The summed E-state index contributed by atoms with van der Waals surface area (Å²) in [7, 11) is 0. The van der Waals surface area contributed by atoms with Crippen molar-refractivity contribution in [3.8, 4) is 0 Å². The molecule has 0 aliphatic carbocycles. The minimum absolute atomic E-state index is 0.114. The van der Waals surface area contributed by atoms with Crippen LogP contribution in [0.4, 0.5) is 0 Å². The average molecular weight is 190 g/mol. The second-order valence-corrected chi connectivity index (χ2v) is 3.58. The smallest absolute Gasteiger partial charge is 0.0429 e. The average Bonchev–Trinajstić information content (AvgIpc) is 2.27. The molecule has 0 spiro atoms. The molecule has 0 saturated carbocycles. The van der Waals surface area contributed by atoms with Crippen molar-refractivity contribution in [3.63, 3.8) is 0 Å². The first-order valence-electron chi connectivity index (χ1n) is 5.39. The predicted octanol–water partition coefficient (Wildman–Crippen LogP) is 3.13. The zero-order chi connectivity index (χ0) is 10.4. The van der Waals surface area contributed by atoms with Gasteiger partial charge in [-0.25, -0.2) is 0 Å². The van der Waals surface area contributed by atoms with E-state index in [1.807, 2.05) is 0 Å². The van der Waals surface area contributed by atoms with E-state index in [1.165, 1.54) is 5.56 Å². The highest BCUT2D eigenvalue weighted by molar-refractivity contribution is 5.24. The van der Waals surface area contributed by atoms with Crippen LogP contribution < -0.4 is 5.32 Å². The lowest BCUT2D eigenvalue weighted by Gasteiger charge is -2.33. The summed E-state index contributed by atoms with van der Waals surface area (Å²) in [6.45, 7) is 9.10. The normalized spacial score (nSPS) is 11.6. The largest absolute Gasteiger partial charge is 0.307 e. The summed E-state index contributed by atoms with van der Waals surface area (Å²) < 4.78 is 0. The van der Waals surface area contributed by atoms with Gasteiger partial charge in [-0.3, -0.25) is 0 Å². The second-order valence-electron chi connectivity index (χ2n) is 3.58. The summed E-state index contributed by atoms with van der Waals surface area (Å²) >= 11 is 0. The van der Waals surface area contributed by atoms with Gasteiger partial charge >= 0.3 is 0 Å². The third kappa shape index (κ3) is 2.16. The highest BCUT2D eigenvalue weighted by Gasteiger charge is 2.26. The zero-order valence-electron chi connectivity index (χ0n) is 9.22. The van der Waals surface area contributed by atoms with Crippen molar-refractivity contribution in [3.05, 3.63) is 42.8 Å². The molecule has 1 nitrogen and oxygen atoms in total. The maximum absolute atomic E-state index is 3.88. The van der Waals surface area contributed by atoms with Crippen LogP contribution in [0.3, 0.4) is 0 Å². The maximum atomic E-state index is 3.88. The molecule has 0 heterocycles. The monoisotopic (exact) mass is 190 g/mol.